The number of aromatic nitrogens is 2. The van der Waals surface area contributed by atoms with Gasteiger partial charge in [0.05, 0.1) is 0 Å². The molecule has 1 saturated heterocycles. The number of carbonyl (C=O) groups excluding carboxylic acids is 1. The van der Waals surface area contributed by atoms with Crippen LogP contribution in [0.5, 0.6) is 0 Å². The van der Waals surface area contributed by atoms with Crippen molar-refractivity contribution in [3.05, 3.63) is 47.2 Å². The quantitative estimate of drug-likeness (QED) is 0.931. The predicted octanol–water partition coefficient (Wildman–Crippen LogP) is 3.75. The molecule has 3 rings (SSSR count). The van der Waals surface area contributed by atoms with Gasteiger partial charge in [-0.2, -0.15) is 0 Å². The highest BCUT2D eigenvalue weighted by atomic mass is 35.5. The van der Waals surface area contributed by atoms with Gasteiger partial charge in [0.15, 0.2) is 0 Å². The molecule has 5 nitrogen and oxygen atoms in total. The fourth-order valence-electron chi connectivity index (χ4n) is 2.61. The highest BCUT2D eigenvalue weighted by molar-refractivity contribution is 6.30. The number of nitrogens with zero attached hydrogens (tertiary/aromatic N) is 3. The summed E-state index contributed by atoms with van der Waals surface area (Å²) in [6, 6.07) is 8.95. The number of likely N-dealkylation sites (tertiary alicyclic amines) is 1. The first-order valence-electron chi connectivity index (χ1n) is 7.77. The Hall–Kier alpha value is -2.14. The number of hydrogen-bond acceptors (Lipinski definition) is 4. The largest absolute Gasteiger partial charge is 0.337 e. The molecule has 0 unspecified atom stereocenters. The standard InChI is InChI=1S/C17H19ClN4O/c1-12-6-9-22(10-7-12)16(23)15-5-8-19-17(21-15)20-14-4-2-3-13(18)11-14/h2-5,8,11-12H,6-7,9-10H2,1H3,(H,19,20,21). The van der Waals surface area contributed by atoms with Gasteiger partial charge in [0.1, 0.15) is 5.69 Å². The summed E-state index contributed by atoms with van der Waals surface area (Å²) in [5.74, 6) is 1.04. The number of hydrogen-bond donors (Lipinski definition) is 1. The predicted molar refractivity (Wildman–Crippen MR) is 91.1 cm³/mol. The lowest BCUT2D eigenvalue weighted by Crippen LogP contribution is -2.38. The number of carbonyl (C=O) groups is 1. The van der Waals surface area contributed by atoms with Crippen molar-refractivity contribution in [2.45, 2.75) is 19.8 Å². The second-order valence-electron chi connectivity index (χ2n) is 5.88. The van der Waals surface area contributed by atoms with E-state index in [1.54, 1.807) is 24.4 Å². The number of anilines is 2. The molecule has 0 aliphatic carbocycles. The van der Waals surface area contributed by atoms with Crippen LogP contribution in [0.25, 0.3) is 0 Å². The van der Waals surface area contributed by atoms with Gasteiger partial charge in [-0.05, 0) is 43.0 Å². The van der Waals surface area contributed by atoms with Crippen molar-refractivity contribution in [2.24, 2.45) is 5.92 Å². The lowest BCUT2D eigenvalue weighted by atomic mass is 9.99. The van der Waals surface area contributed by atoms with E-state index in [1.807, 2.05) is 17.0 Å². The number of rotatable bonds is 3. The molecule has 6 heteroatoms. The van der Waals surface area contributed by atoms with Crippen molar-refractivity contribution >= 4 is 29.1 Å². The molecule has 1 fully saturated rings. The van der Waals surface area contributed by atoms with Crippen molar-refractivity contribution in [3.8, 4) is 0 Å². The maximum Gasteiger partial charge on any atom is 0.272 e. The molecule has 1 aliphatic heterocycles. The van der Waals surface area contributed by atoms with Crippen molar-refractivity contribution in [1.29, 1.82) is 0 Å². The summed E-state index contributed by atoms with van der Waals surface area (Å²) < 4.78 is 0. The van der Waals surface area contributed by atoms with E-state index in [1.165, 1.54) is 0 Å². The number of halogens is 1. The lowest BCUT2D eigenvalue weighted by Gasteiger charge is -2.30. The third kappa shape index (κ3) is 3.99. The third-order valence-corrected chi connectivity index (χ3v) is 4.26. The Bertz CT molecular complexity index is 698. The van der Waals surface area contributed by atoms with Crippen LogP contribution in [0.3, 0.4) is 0 Å². The van der Waals surface area contributed by atoms with Crippen molar-refractivity contribution in [2.75, 3.05) is 18.4 Å². The van der Waals surface area contributed by atoms with Crippen LogP contribution >= 0.6 is 11.6 Å². The van der Waals surface area contributed by atoms with Crippen LogP contribution in [0.2, 0.25) is 5.02 Å². The summed E-state index contributed by atoms with van der Waals surface area (Å²) in [6.45, 7) is 3.81. The van der Waals surface area contributed by atoms with E-state index < -0.39 is 0 Å². The molecule has 1 N–H and O–H groups in total. The van der Waals surface area contributed by atoms with E-state index >= 15 is 0 Å². The minimum Gasteiger partial charge on any atom is -0.337 e. The zero-order valence-electron chi connectivity index (χ0n) is 13.0. The van der Waals surface area contributed by atoms with E-state index in [2.05, 4.69) is 22.2 Å². The Balaban J connectivity index is 1.73. The van der Waals surface area contributed by atoms with Gasteiger partial charge in [0.25, 0.3) is 5.91 Å². The van der Waals surface area contributed by atoms with Crippen LogP contribution in [0.1, 0.15) is 30.3 Å². The van der Waals surface area contributed by atoms with Gasteiger partial charge in [0.2, 0.25) is 5.95 Å². The van der Waals surface area contributed by atoms with Gasteiger partial charge in [-0.3, -0.25) is 4.79 Å². The molecule has 0 saturated carbocycles. The molecular formula is C17H19ClN4O. The van der Waals surface area contributed by atoms with Gasteiger partial charge in [-0.1, -0.05) is 24.6 Å². The number of amides is 1. The third-order valence-electron chi connectivity index (χ3n) is 4.03. The second-order valence-corrected chi connectivity index (χ2v) is 6.31. The average Bonchev–Trinajstić information content (AvgIpc) is 2.55. The summed E-state index contributed by atoms with van der Waals surface area (Å²) >= 11 is 5.96. The van der Waals surface area contributed by atoms with Gasteiger partial charge >= 0.3 is 0 Å². The normalized spacial score (nSPS) is 15.5. The van der Waals surface area contributed by atoms with E-state index in [9.17, 15) is 4.79 Å². The van der Waals surface area contributed by atoms with Crippen LogP contribution in [-0.4, -0.2) is 33.9 Å². The highest BCUT2D eigenvalue weighted by Crippen LogP contribution is 2.20. The first-order valence-corrected chi connectivity index (χ1v) is 8.14. The summed E-state index contributed by atoms with van der Waals surface area (Å²) in [4.78, 5) is 22.9. The molecule has 0 bridgehead atoms. The molecule has 1 aromatic heterocycles. The Morgan fingerprint density at radius 1 is 1.30 bits per heavy atom. The van der Waals surface area contributed by atoms with E-state index in [0.29, 0.717) is 22.6 Å². The maximum atomic E-state index is 12.6. The van der Waals surface area contributed by atoms with Crippen molar-refractivity contribution in [1.82, 2.24) is 14.9 Å². The summed E-state index contributed by atoms with van der Waals surface area (Å²) in [7, 11) is 0. The van der Waals surface area contributed by atoms with Gasteiger partial charge < -0.3 is 10.2 Å². The first-order chi connectivity index (χ1) is 11.1. The molecule has 0 spiro atoms. The first kappa shape index (κ1) is 15.7. The molecule has 120 valence electrons. The van der Waals surface area contributed by atoms with E-state index in [-0.39, 0.29) is 5.91 Å². The van der Waals surface area contributed by atoms with Gasteiger partial charge in [-0.25, -0.2) is 9.97 Å². The lowest BCUT2D eigenvalue weighted by molar-refractivity contribution is 0.0691. The smallest absolute Gasteiger partial charge is 0.272 e. The second kappa shape index (κ2) is 6.96. The monoisotopic (exact) mass is 330 g/mol. The molecule has 2 heterocycles. The molecule has 1 amide bonds. The summed E-state index contributed by atoms with van der Waals surface area (Å²) in [6.07, 6.45) is 3.69. The molecule has 23 heavy (non-hydrogen) atoms. The zero-order valence-corrected chi connectivity index (χ0v) is 13.8. The Morgan fingerprint density at radius 3 is 2.83 bits per heavy atom. The van der Waals surface area contributed by atoms with E-state index in [4.69, 9.17) is 11.6 Å². The SMILES string of the molecule is CC1CCN(C(=O)c2ccnc(Nc3cccc(Cl)c3)n2)CC1. The van der Waals surface area contributed by atoms with Crippen LogP contribution in [0.4, 0.5) is 11.6 Å². The molecular weight excluding hydrogens is 312 g/mol. The summed E-state index contributed by atoms with van der Waals surface area (Å²) in [5, 5.41) is 3.70. The zero-order chi connectivity index (χ0) is 16.2. The van der Waals surface area contributed by atoms with E-state index in [0.717, 1.165) is 31.6 Å². The van der Waals surface area contributed by atoms with Crippen molar-refractivity contribution < 1.29 is 4.79 Å². The molecule has 0 atom stereocenters. The van der Waals surface area contributed by atoms with Gasteiger partial charge in [-0.15, -0.1) is 0 Å². The Labute approximate surface area is 140 Å². The number of piperidine rings is 1. The Kier molecular flexibility index (Phi) is 4.76. The number of nitrogens with one attached hydrogen (secondary N) is 1. The molecule has 1 aliphatic rings. The number of benzene rings is 1. The fourth-order valence-corrected chi connectivity index (χ4v) is 2.80. The van der Waals surface area contributed by atoms with Crippen LogP contribution in [0.15, 0.2) is 36.5 Å². The van der Waals surface area contributed by atoms with Crippen LogP contribution < -0.4 is 5.32 Å². The van der Waals surface area contributed by atoms with Crippen LogP contribution in [-0.2, 0) is 0 Å². The average molecular weight is 331 g/mol. The van der Waals surface area contributed by atoms with Crippen LogP contribution in [0, 0.1) is 5.92 Å². The maximum absolute atomic E-state index is 12.6. The molecule has 0 radical (unpaired) electrons. The highest BCUT2D eigenvalue weighted by Gasteiger charge is 2.22. The van der Waals surface area contributed by atoms with Crippen molar-refractivity contribution in [3.63, 3.8) is 0 Å². The fraction of sp³-hybridized carbons (Fsp3) is 0.353. The Morgan fingerprint density at radius 2 is 2.09 bits per heavy atom. The summed E-state index contributed by atoms with van der Waals surface area (Å²) in [5.41, 5.74) is 1.20. The topological polar surface area (TPSA) is 58.1 Å². The van der Waals surface area contributed by atoms with Gasteiger partial charge in [0, 0.05) is 30.0 Å². The molecule has 2 aromatic rings. The minimum absolute atomic E-state index is 0.0338. The minimum atomic E-state index is -0.0338. The molecule has 1 aromatic carbocycles.